The summed E-state index contributed by atoms with van der Waals surface area (Å²) in [6.07, 6.45) is 5.36. The van der Waals surface area contributed by atoms with Gasteiger partial charge in [0.25, 0.3) is 5.88 Å². The Bertz CT molecular complexity index is 767. The average molecular weight is 323 g/mol. The Morgan fingerprint density at radius 1 is 1.24 bits per heavy atom. The first-order chi connectivity index (χ1) is 10.2. The third-order valence-electron chi connectivity index (χ3n) is 2.75. The number of nitrogens with zero attached hydrogens (tertiary/aromatic N) is 3. The van der Waals surface area contributed by atoms with E-state index in [4.69, 9.17) is 27.9 Å². The van der Waals surface area contributed by atoms with E-state index in [-0.39, 0.29) is 0 Å². The lowest BCUT2D eigenvalue weighted by atomic mass is 10.3. The molecular weight excluding hydrogens is 311 g/mol. The van der Waals surface area contributed by atoms with Gasteiger partial charge in [0.15, 0.2) is 0 Å². The molecule has 0 aliphatic rings. The summed E-state index contributed by atoms with van der Waals surface area (Å²) in [4.78, 5) is 8.66. The normalized spacial score (nSPS) is 10.8. The van der Waals surface area contributed by atoms with Crippen LogP contribution in [-0.2, 0) is 0 Å². The Balaban J connectivity index is 2.04. The number of hydrogen-bond acceptors (Lipinski definition) is 4. The number of imidazole rings is 1. The van der Waals surface area contributed by atoms with Gasteiger partial charge in [-0.3, -0.25) is 4.40 Å². The molecule has 3 aromatic rings. The highest BCUT2D eigenvalue weighted by Gasteiger charge is 2.10. The molecule has 0 saturated carbocycles. The van der Waals surface area contributed by atoms with Crippen molar-refractivity contribution in [2.24, 2.45) is 0 Å². The molecule has 0 fully saturated rings. The van der Waals surface area contributed by atoms with Crippen molar-refractivity contribution in [2.45, 2.75) is 6.92 Å². The van der Waals surface area contributed by atoms with Crippen LogP contribution in [0.3, 0.4) is 0 Å². The maximum absolute atomic E-state index is 5.98. The largest absolute Gasteiger partial charge is 0.436 e. The van der Waals surface area contributed by atoms with Crippen LogP contribution >= 0.6 is 23.2 Å². The number of halogens is 2. The van der Waals surface area contributed by atoms with E-state index in [1.165, 1.54) is 0 Å². The molecule has 2 aromatic heterocycles. The van der Waals surface area contributed by atoms with Crippen molar-refractivity contribution in [3.8, 4) is 11.6 Å². The van der Waals surface area contributed by atoms with Gasteiger partial charge in [-0.05, 0) is 25.1 Å². The van der Waals surface area contributed by atoms with Crippen LogP contribution in [0.1, 0.15) is 6.92 Å². The van der Waals surface area contributed by atoms with Gasteiger partial charge in [0.05, 0.1) is 6.20 Å². The van der Waals surface area contributed by atoms with E-state index in [2.05, 4.69) is 15.3 Å². The molecule has 0 atom stereocenters. The van der Waals surface area contributed by atoms with Crippen molar-refractivity contribution in [1.82, 2.24) is 14.4 Å². The number of ether oxygens (including phenoxy) is 1. The van der Waals surface area contributed by atoms with Gasteiger partial charge >= 0.3 is 0 Å². The smallest absolute Gasteiger partial charge is 0.265 e. The Hall–Kier alpha value is -1.98. The highest BCUT2D eigenvalue weighted by atomic mass is 35.5. The van der Waals surface area contributed by atoms with Crippen LogP contribution < -0.4 is 10.1 Å². The van der Waals surface area contributed by atoms with E-state index in [9.17, 15) is 0 Å². The summed E-state index contributed by atoms with van der Waals surface area (Å²) >= 11 is 12.0. The molecule has 3 rings (SSSR count). The summed E-state index contributed by atoms with van der Waals surface area (Å²) in [5, 5.41) is 4.15. The lowest BCUT2D eigenvalue weighted by molar-refractivity contribution is 0.466. The summed E-state index contributed by atoms with van der Waals surface area (Å²) in [6, 6.07) is 4.99. The number of rotatable bonds is 4. The highest BCUT2D eigenvalue weighted by molar-refractivity contribution is 6.34. The van der Waals surface area contributed by atoms with Crippen LogP contribution in [0.15, 0.2) is 36.8 Å². The quantitative estimate of drug-likeness (QED) is 0.779. The summed E-state index contributed by atoms with van der Waals surface area (Å²) in [5.41, 5.74) is 0.618. The average Bonchev–Trinajstić information content (AvgIpc) is 2.86. The molecule has 0 saturated heterocycles. The summed E-state index contributed by atoms with van der Waals surface area (Å²) < 4.78 is 7.64. The lowest BCUT2D eigenvalue weighted by Crippen LogP contribution is -2.03. The minimum atomic E-state index is 0.386. The van der Waals surface area contributed by atoms with Gasteiger partial charge in [-0.25, -0.2) is 4.98 Å². The predicted octanol–water partition coefficient (Wildman–Crippen LogP) is 4.26. The molecule has 0 aliphatic carbocycles. The number of fused-ring (bicyclic) bond motifs is 1. The first-order valence-electron chi connectivity index (χ1n) is 6.37. The first-order valence-corrected chi connectivity index (χ1v) is 7.13. The molecule has 0 unspecified atom stereocenters. The standard InChI is InChI=1S/C14H12Cl2N4O/c1-2-17-12-8-20-4-3-18-13(20)14(19-12)21-11-6-9(15)5-10(16)7-11/h3-8,17H,2H2,1H3. The molecule has 0 radical (unpaired) electrons. The molecule has 0 spiro atoms. The summed E-state index contributed by atoms with van der Waals surface area (Å²) in [6.45, 7) is 2.76. The minimum Gasteiger partial charge on any atom is -0.436 e. The molecule has 1 N–H and O–H groups in total. The molecule has 108 valence electrons. The molecule has 0 bridgehead atoms. The SMILES string of the molecule is CCNc1cn2ccnc2c(Oc2cc(Cl)cc(Cl)c2)n1. The molecule has 1 aromatic carbocycles. The van der Waals surface area contributed by atoms with Crippen molar-refractivity contribution >= 4 is 34.7 Å². The fourth-order valence-corrected chi connectivity index (χ4v) is 2.44. The zero-order valence-corrected chi connectivity index (χ0v) is 12.7. The van der Waals surface area contributed by atoms with Gasteiger partial charge in [-0.2, -0.15) is 4.98 Å². The fourth-order valence-electron chi connectivity index (χ4n) is 1.94. The van der Waals surface area contributed by atoms with Gasteiger partial charge in [0, 0.05) is 29.0 Å². The number of hydrogen-bond donors (Lipinski definition) is 1. The van der Waals surface area contributed by atoms with Crippen LogP contribution in [0.2, 0.25) is 10.0 Å². The van der Waals surface area contributed by atoms with E-state index in [0.717, 1.165) is 6.54 Å². The molecule has 21 heavy (non-hydrogen) atoms. The van der Waals surface area contributed by atoms with Crippen molar-refractivity contribution < 1.29 is 4.74 Å². The zero-order valence-electron chi connectivity index (χ0n) is 11.2. The van der Waals surface area contributed by atoms with Crippen molar-refractivity contribution in [3.63, 3.8) is 0 Å². The van der Waals surface area contributed by atoms with Crippen LogP contribution in [0.4, 0.5) is 5.82 Å². The minimum absolute atomic E-state index is 0.386. The fraction of sp³-hybridized carbons (Fsp3) is 0.143. The van der Waals surface area contributed by atoms with Crippen LogP contribution in [-0.4, -0.2) is 20.9 Å². The maximum Gasteiger partial charge on any atom is 0.265 e. The Morgan fingerprint density at radius 2 is 2.00 bits per heavy atom. The molecule has 5 nitrogen and oxygen atoms in total. The van der Waals surface area contributed by atoms with E-state index in [1.54, 1.807) is 24.4 Å². The van der Waals surface area contributed by atoms with Crippen LogP contribution in [0.5, 0.6) is 11.6 Å². The van der Waals surface area contributed by atoms with Crippen LogP contribution in [0.25, 0.3) is 5.65 Å². The maximum atomic E-state index is 5.98. The predicted molar refractivity (Wildman–Crippen MR) is 83.7 cm³/mol. The van der Waals surface area contributed by atoms with Gasteiger partial charge in [-0.1, -0.05) is 23.2 Å². The molecule has 2 heterocycles. The van der Waals surface area contributed by atoms with Crippen LogP contribution in [0, 0.1) is 0 Å². The number of nitrogens with one attached hydrogen (secondary N) is 1. The molecular formula is C14H12Cl2N4O. The third kappa shape index (κ3) is 3.04. The van der Waals surface area contributed by atoms with Crippen molar-refractivity contribution in [2.75, 3.05) is 11.9 Å². The van der Waals surface area contributed by atoms with E-state index >= 15 is 0 Å². The van der Waals surface area contributed by atoms with E-state index < -0.39 is 0 Å². The van der Waals surface area contributed by atoms with E-state index in [0.29, 0.717) is 33.1 Å². The number of aromatic nitrogens is 3. The number of anilines is 1. The van der Waals surface area contributed by atoms with E-state index in [1.807, 2.05) is 23.7 Å². The summed E-state index contributed by atoms with van der Waals surface area (Å²) in [5.74, 6) is 1.60. The Kier molecular flexibility index (Phi) is 3.86. The van der Waals surface area contributed by atoms with Crippen molar-refractivity contribution in [1.29, 1.82) is 0 Å². The molecule has 0 aliphatic heterocycles. The monoisotopic (exact) mass is 322 g/mol. The van der Waals surface area contributed by atoms with Gasteiger partial charge in [0.1, 0.15) is 11.6 Å². The second-order valence-corrected chi connectivity index (χ2v) is 5.20. The van der Waals surface area contributed by atoms with Crippen molar-refractivity contribution in [3.05, 3.63) is 46.8 Å². The van der Waals surface area contributed by atoms with Gasteiger partial charge < -0.3 is 10.1 Å². The second-order valence-electron chi connectivity index (χ2n) is 4.33. The topological polar surface area (TPSA) is 51.5 Å². The van der Waals surface area contributed by atoms with Gasteiger partial charge in [0.2, 0.25) is 5.65 Å². The highest BCUT2D eigenvalue weighted by Crippen LogP contribution is 2.29. The zero-order chi connectivity index (χ0) is 14.8. The number of benzene rings is 1. The first kappa shape index (κ1) is 14.0. The second kappa shape index (κ2) is 5.79. The molecule has 7 heteroatoms. The Morgan fingerprint density at radius 3 is 2.71 bits per heavy atom. The lowest BCUT2D eigenvalue weighted by Gasteiger charge is -2.10. The molecule has 0 amide bonds. The summed E-state index contributed by atoms with van der Waals surface area (Å²) in [7, 11) is 0. The Labute approximate surface area is 131 Å². The third-order valence-corrected chi connectivity index (χ3v) is 3.19. The van der Waals surface area contributed by atoms with Gasteiger partial charge in [-0.15, -0.1) is 0 Å².